The molecule has 3 heterocycles. The first kappa shape index (κ1) is 16.9. The Kier molecular flexibility index (Phi) is 4.81. The standard InChI is InChI=1S/C18H19ClN6O/c1-13(16-22-23-17(26-16)14-4-2-5-15(19)12-14)24-8-10-25(11-9-24)18-20-6-3-7-21-18/h2-7,12-13H,8-11H2,1H3. The molecule has 1 atom stereocenters. The highest BCUT2D eigenvalue weighted by Gasteiger charge is 2.26. The van der Waals surface area contributed by atoms with E-state index < -0.39 is 0 Å². The third-order valence-corrected chi connectivity index (χ3v) is 4.80. The quantitative estimate of drug-likeness (QED) is 0.698. The van der Waals surface area contributed by atoms with Gasteiger partial charge in [-0.15, -0.1) is 10.2 Å². The number of halogens is 1. The van der Waals surface area contributed by atoms with Gasteiger partial charge in [0.1, 0.15) is 0 Å². The van der Waals surface area contributed by atoms with Gasteiger partial charge in [0.25, 0.3) is 0 Å². The molecule has 0 saturated carbocycles. The second-order valence-corrected chi connectivity index (χ2v) is 6.64. The highest BCUT2D eigenvalue weighted by molar-refractivity contribution is 6.30. The fourth-order valence-corrected chi connectivity index (χ4v) is 3.25. The van der Waals surface area contributed by atoms with E-state index in [0.29, 0.717) is 16.8 Å². The topological polar surface area (TPSA) is 71.2 Å². The molecule has 0 radical (unpaired) electrons. The summed E-state index contributed by atoms with van der Waals surface area (Å²) in [4.78, 5) is 13.2. The Morgan fingerprint density at radius 1 is 1.04 bits per heavy atom. The SMILES string of the molecule is CC(c1nnc(-c2cccc(Cl)c2)o1)N1CCN(c2ncccn2)CC1. The molecule has 0 spiro atoms. The van der Waals surface area contributed by atoms with Gasteiger partial charge in [0.15, 0.2) is 0 Å². The molecule has 0 bridgehead atoms. The van der Waals surface area contributed by atoms with Crippen LogP contribution in [-0.2, 0) is 0 Å². The largest absolute Gasteiger partial charge is 0.419 e. The van der Waals surface area contributed by atoms with Gasteiger partial charge in [-0.1, -0.05) is 17.7 Å². The molecule has 0 aliphatic carbocycles. The summed E-state index contributed by atoms with van der Waals surface area (Å²) in [5, 5.41) is 9.06. The number of aromatic nitrogens is 4. The molecule has 7 nitrogen and oxygen atoms in total. The molecular formula is C18H19ClN6O. The summed E-state index contributed by atoms with van der Waals surface area (Å²) in [5.74, 6) is 1.89. The van der Waals surface area contributed by atoms with Crippen LogP contribution in [-0.4, -0.2) is 51.2 Å². The van der Waals surface area contributed by atoms with Crippen molar-refractivity contribution in [1.29, 1.82) is 0 Å². The number of benzene rings is 1. The van der Waals surface area contributed by atoms with Gasteiger partial charge in [-0.25, -0.2) is 9.97 Å². The van der Waals surface area contributed by atoms with Gasteiger partial charge in [0, 0.05) is 49.2 Å². The fraction of sp³-hybridized carbons (Fsp3) is 0.333. The van der Waals surface area contributed by atoms with Crippen molar-refractivity contribution in [3.8, 4) is 11.5 Å². The van der Waals surface area contributed by atoms with Crippen molar-refractivity contribution in [1.82, 2.24) is 25.1 Å². The Hall–Kier alpha value is -2.51. The van der Waals surface area contributed by atoms with Crippen molar-refractivity contribution in [2.45, 2.75) is 13.0 Å². The minimum Gasteiger partial charge on any atom is -0.419 e. The summed E-state index contributed by atoms with van der Waals surface area (Å²) < 4.78 is 5.89. The Balaban J connectivity index is 1.42. The average Bonchev–Trinajstić information content (AvgIpc) is 3.18. The average molecular weight is 371 g/mol. The predicted molar refractivity (Wildman–Crippen MR) is 99.0 cm³/mol. The zero-order chi connectivity index (χ0) is 17.9. The van der Waals surface area contributed by atoms with E-state index in [1.165, 1.54) is 0 Å². The lowest BCUT2D eigenvalue weighted by atomic mass is 10.2. The van der Waals surface area contributed by atoms with Crippen LogP contribution in [0.4, 0.5) is 5.95 Å². The fourth-order valence-electron chi connectivity index (χ4n) is 3.06. The van der Waals surface area contributed by atoms with Gasteiger partial charge in [-0.05, 0) is 31.2 Å². The van der Waals surface area contributed by atoms with Gasteiger partial charge >= 0.3 is 0 Å². The molecule has 0 amide bonds. The molecule has 1 aromatic carbocycles. The van der Waals surface area contributed by atoms with Crippen LogP contribution in [0.1, 0.15) is 18.9 Å². The molecule has 0 N–H and O–H groups in total. The van der Waals surface area contributed by atoms with E-state index in [4.69, 9.17) is 16.0 Å². The van der Waals surface area contributed by atoms with E-state index in [-0.39, 0.29) is 6.04 Å². The van der Waals surface area contributed by atoms with Crippen LogP contribution in [0.15, 0.2) is 47.1 Å². The number of rotatable bonds is 4. The molecule has 2 aromatic heterocycles. The number of hydrogen-bond acceptors (Lipinski definition) is 7. The summed E-state index contributed by atoms with van der Waals surface area (Å²) in [5.41, 5.74) is 0.828. The number of piperazine rings is 1. The van der Waals surface area contributed by atoms with Crippen molar-refractivity contribution < 1.29 is 4.42 Å². The van der Waals surface area contributed by atoms with Crippen molar-refractivity contribution in [2.24, 2.45) is 0 Å². The Bertz CT molecular complexity index is 863. The van der Waals surface area contributed by atoms with E-state index in [1.54, 1.807) is 12.4 Å². The lowest BCUT2D eigenvalue weighted by Crippen LogP contribution is -2.47. The summed E-state index contributed by atoms with van der Waals surface area (Å²) in [6, 6.07) is 9.30. The zero-order valence-electron chi connectivity index (χ0n) is 14.4. The molecule has 1 saturated heterocycles. The van der Waals surface area contributed by atoms with Crippen LogP contribution in [0.3, 0.4) is 0 Å². The van der Waals surface area contributed by atoms with E-state index in [9.17, 15) is 0 Å². The minimum absolute atomic E-state index is 0.0503. The lowest BCUT2D eigenvalue weighted by molar-refractivity contribution is 0.173. The maximum absolute atomic E-state index is 6.04. The number of hydrogen-bond donors (Lipinski definition) is 0. The lowest BCUT2D eigenvalue weighted by Gasteiger charge is -2.36. The van der Waals surface area contributed by atoms with Crippen LogP contribution in [0, 0.1) is 0 Å². The smallest absolute Gasteiger partial charge is 0.247 e. The van der Waals surface area contributed by atoms with Crippen molar-refractivity contribution in [3.63, 3.8) is 0 Å². The second kappa shape index (κ2) is 7.39. The van der Waals surface area contributed by atoms with Crippen LogP contribution in [0.25, 0.3) is 11.5 Å². The van der Waals surface area contributed by atoms with Crippen molar-refractivity contribution >= 4 is 17.5 Å². The first-order valence-electron chi connectivity index (χ1n) is 8.56. The van der Waals surface area contributed by atoms with Gasteiger partial charge in [0.2, 0.25) is 17.7 Å². The molecule has 1 unspecified atom stereocenters. The summed E-state index contributed by atoms with van der Waals surface area (Å²) in [6.45, 7) is 5.58. The molecule has 3 aromatic rings. The summed E-state index contributed by atoms with van der Waals surface area (Å²) in [7, 11) is 0. The highest BCUT2D eigenvalue weighted by atomic mass is 35.5. The summed E-state index contributed by atoms with van der Waals surface area (Å²) >= 11 is 6.04. The van der Waals surface area contributed by atoms with E-state index in [1.807, 2.05) is 30.3 Å². The Labute approximate surface area is 156 Å². The van der Waals surface area contributed by atoms with Gasteiger partial charge in [-0.3, -0.25) is 4.90 Å². The van der Waals surface area contributed by atoms with E-state index in [0.717, 1.165) is 37.7 Å². The summed E-state index contributed by atoms with van der Waals surface area (Å²) in [6.07, 6.45) is 3.54. The first-order valence-corrected chi connectivity index (χ1v) is 8.94. The minimum atomic E-state index is 0.0503. The molecule has 26 heavy (non-hydrogen) atoms. The Morgan fingerprint density at radius 3 is 2.54 bits per heavy atom. The van der Waals surface area contributed by atoms with Crippen molar-refractivity contribution in [3.05, 3.63) is 53.6 Å². The monoisotopic (exact) mass is 370 g/mol. The van der Waals surface area contributed by atoms with E-state index >= 15 is 0 Å². The zero-order valence-corrected chi connectivity index (χ0v) is 15.2. The maximum Gasteiger partial charge on any atom is 0.247 e. The maximum atomic E-state index is 6.04. The molecule has 8 heteroatoms. The second-order valence-electron chi connectivity index (χ2n) is 6.20. The van der Waals surface area contributed by atoms with Crippen LogP contribution >= 0.6 is 11.6 Å². The Morgan fingerprint density at radius 2 is 1.81 bits per heavy atom. The van der Waals surface area contributed by atoms with Crippen LogP contribution in [0.5, 0.6) is 0 Å². The third kappa shape index (κ3) is 3.54. The normalized spacial score (nSPS) is 16.6. The highest BCUT2D eigenvalue weighted by Crippen LogP contribution is 2.26. The predicted octanol–water partition coefficient (Wildman–Crippen LogP) is 3.06. The number of anilines is 1. The van der Waals surface area contributed by atoms with Crippen LogP contribution < -0.4 is 4.90 Å². The molecule has 4 rings (SSSR count). The van der Waals surface area contributed by atoms with Gasteiger partial charge in [0.05, 0.1) is 6.04 Å². The van der Waals surface area contributed by atoms with E-state index in [2.05, 4.69) is 36.9 Å². The molecule has 134 valence electrons. The first-order chi connectivity index (χ1) is 12.7. The molecular weight excluding hydrogens is 352 g/mol. The molecule has 1 aliphatic heterocycles. The van der Waals surface area contributed by atoms with Gasteiger partial charge in [-0.2, -0.15) is 0 Å². The molecule has 1 fully saturated rings. The van der Waals surface area contributed by atoms with Crippen molar-refractivity contribution in [2.75, 3.05) is 31.1 Å². The third-order valence-electron chi connectivity index (χ3n) is 4.57. The van der Waals surface area contributed by atoms with Crippen LogP contribution in [0.2, 0.25) is 5.02 Å². The molecule has 1 aliphatic rings. The van der Waals surface area contributed by atoms with Gasteiger partial charge < -0.3 is 9.32 Å². The number of nitrogens with zero attached hydrogens (tertiary/aromatic N) is 6.